The van der Waals surface area contributed by atoms with Crippen LogP contribution < -0.4 is 20.9 Å². The second kappa shape index (κ2) is 9.15. The molecule has 1 heterocycles. The van der Waals surface area contributed by atoms with E-state index in [1.54, 1.807) is 42.5 Å². The molecular weight excluding hydrogens is 360 g/mol. The van der Waals surface area contributed by atoms with E-state index >= 15 is 0 Å². The van der Waals surface area contributed by atoms with Crippen LogP contribution in [0.15, 0.2) is 72.9 Å². The highest BCUT2D eigenvalue weighted by Gasteiger charge is 2.09. The van der Waals surface area contributed by atoms with Crippen LogP contribution in [0.5, 0.6) is 11.5 Å². The summed E-state index contributed by atoms with van der Waals surface area (Å²) >= 11 is 0. The molecule has 0 aliphatic rings. The average Bonchev–Trinajstić information content (AvgIpc) is 2.69. The normalized spacial score (nSPS) is 10.0. The summed E-state index contributed by atoms with van der Waals surface area (Å²) in [5.41, 5.74) is 3.58. The maximum atomic E-state index is 12.1. The average molecular weight is 378 g/mol. The van der Waals surface area contributed by atoms with Crippen molar-refractivity contribution in [2.75, 3.05) is 17.7 Å². The Kier molecular flexibility index (Phi) is 6.17. The molecule has 0 saturated carbocycles. The summed E-state index contributed by atoms with van der Waals surface area (Å²) in [6, 6.07) is 18.7. The number of pyridine rings is 1. The third-order valence-electron chi connectivity index (χ3n) is 3.52. The maximum Gasteiger partial charge on any atom is 0.323 e. The van der Waals surface area contributed by atoms with E-state index in [-0.39, 0.29) is 11.7 Å². The van der Waals surface area contributed by atoms with E-state index in [0.717, 1.165) is 0 Å². The van der Waals surface area contributed by atoms with Crippen molar-refractivity contribution in [3.63, 3.8) is 0 Å². The number of ether oxygens (including phenoxy) is 1. The predicted molar refractivity (Wildman–Crippen MR) is 104 cm³/mol. The molecule has 28 heavy (non-hydrogen) atoms. The van der Waals surface area contributed by atoms with Crippen LogP contribution >= 0.6 is 0 Å². The van der Waals surface area contributed by atoms with Gasteiger partial charge in [-0.15, -0.1) is 0 Å². The van der Waals surface area contributed by atoms with Crippen molar-refractivity contribution in [3.05, 3.63) is 78.6 Å². The SMILES string of the molecule is CONC(=O)c1cc(Oc2cccc(NC(=O)Nc3ccccc3)c2)ccn1. The molecule has 0 unspecified atom stereocenters. The second-order valence-corrected chi connectivity index (χ2v) is 5.59. The van der Waals surface area contributed by atoms with Crippen molar-refractivity contribution in [3.8, 4) is 11.5 Å². The van der Waals surface area contributed by atoms with Crippen molar-refractivity contribution in [2.45, 2.75) is 0 Å². The third kappa shape index (κ3) is 5.29. The summed E-state index contributed by atoms with van der Waals surface area (Å²) in [6.07, 6.45) is 1.45. The number of hydrogen-bond donors (Lipinski definition) is 3. The van der Waals surface area contributed by atoms with E-state index in [1.807, 2.05) is 18.2 Å². The number of benzene rings is 2. The Balaban J connectivity index is 1.66. The highest BCUT2D eigenvalue weighted by atomic mass is 16.6. The molecule has 0 saturated heterocycles. The van der Waals surface area contributed by atoms with Gasteiger partial charge in [-0.2, -0.15) is 0 Å². The monoisotopic (exact) mass is 378 g/mol. The first-order valence-electron chi connectivity index (χ1n) is 8.34. The number of urea groups is 1. The smallest absolute Gasteiger partial charge is 0.323 e. The van der Waals surface area contributed by atoms with E-state index in [9.17, 15) is 9.59 Å². The molecule has 3 aromatic rings. The van der Waals surface area contributed by atoms with E-state index < -0.39 is 5.91 Å². The van der Waals surface area contributed by atoms with E-state index in [0.29, 0.717) is 22.9 Å². The zero-order chi connectivity index (χ0) is 19.8. The molecule has 0 aliphatic carbocycles. The van der Waals surface area contributed by atoms with Gasteiger partial charge in [-0.3, -0.25) is 14.6 Å². The van der Waals surface area contributed by atoms with Crippen LogP contribution in [0.4, 0.5) is 16.2 Å². The van der Waals surface area contributed by atoms with Crippen LogP contribution in [-0.4, -0.2) is 24.0 Å². The van der Waals surface area contributed by atoms with Gasteiger partial charge in [0.15, 0.2) is 0 Å². The van der Waals surface area contributed by atoms with Crippen LogP contribution in [0, 0.1) is 0 Å². The molecule has 0 fully saturated rings. The van der Waals surface area contributed by atoms with Gasteiger partial charge in [-0.25, -0.2) is 10.3 Å². The number of carbonyl (C=O) groups is 2. The first kappa shape index (κ1) is 18.9. The molecule has 0 bridgehead atoms. The highest BCUT2D eigenvalue weighted by molar-refractivity contribution is 5.99. The lowest BCUT2D eigenvalue weighted by molar-refractivity contribution is 0.0532. The number of nitrogens with zero attached hydrogens (tertiary/aromatic N) is 1. The van der Waals surface area contributed by atoms with Crippen LogP contribution in [0.1, 0.15) is 10.5 Å². The lowest BCUT2D eigenvalue weighted by Crippen LogP contribution is -2.22. The Hall–Kier alpha value is -3.91. The zero-order valence-corrected chi connectivity index (χ0v) is 15.0. The minimum Gasteiger partial charge on any atom is -0.457 e. The summed E-state index contributed by atoms with van der Waals surface area (Å²) in [5, 5.41) is 5.48. The fraction of sp³-hybridized carbons (Fsp3) is 0.0500. The molecule has 3 N–H and O–H groups in total. The Labute approximate surface area is 161 Å². The van der Waals surface area contributed by atoms with E-state index in [1.165, 1.54) is 19.4 Å². The van der Waals surface area contributed by atoms with Gasteiger partial charge < -0.3 is 15.4 Å². The van der Waals surface area contributed by atoms with Gasteiger partial charge in [0.1, 0.15) is 17.2 Å². The number of rotatable bonds is 6. The van der Waals surface area contributed by atoms with Gasteiger partial charge in [-0.1, -0.05) is 24.3 Å². The first-order chi connectivity index (χ1) is 13.6. The third-order valence-corrected chi connectivity index (χ3v) is 3.52. The quantitative estimate of drug-likeness (QED) is 0.566. The number of aromatic nitrogens is 1. The van der Waals surface area contributed by atoms with E-state index in [4.69, 9.17) is 4.74 Å². The second-order valence-electron chi connectivity index (χ2n) is 5.59. The van der Waals surface area contributed by atoms with Gasteiger partial charge in [0.2, 0.25) is 0 Å². The largest absolute Gasteiger partial charge is 0.457 e. The minimum absolute atomic E-state index is 0.149. The van der Waals surface area contributed by atoms with Gasteiger partial charge in [0, 0.05) is 29.7 Å². The predicted octanol–water partition coefficient (Wildman–Crippen LogP) is 3.81. The summed E-state index contributed by atoms with van der Waals surface area (Å²) in [7, 11) is 1.34. The Morgan fingerprint density at radius 1 is 0.857 bits per heavy atom. The lowest BCUT2D eigenvalue weighted by Gasteiger charge is -2.10. The van der Waals surface area contributed by atoms with Crippen LogP contribution in [-0.2, 0) is 4.84 Å². The highest BCUT2D eigenvalue weighted by Crippen LogP contribution is 2.24. The number of carbonyl (C=O) groups excluding carboxylic acids is 2. The number of anilines is 2. The summed E-state index contributed by atoms with van der Waals surface area (Å²) < 4.78 is 5.76. The summed E-state index contributed by atoms with van der Waals surface area (Å²) in [5.74, 6) is 0.421. The number of hydrogen-bond acceptors (Lipinski definition) is 5. The zero-order valence-electron chi connectivity index (χ0n) is 15.0. The molecule has 2 aromatic carbocycles. The first-order valence-corrected chi connectivity index (χ1v) is 8.34. The van der Waals surface area contributed by atoms with Crippen molar-refractivity contribution < 1.29 is 19.2 Å². The molecule has 1 aromatic heterocycles. The molecule has 0 spiro atoms. The van der Waals surface area contributed by atoms with E-state index in [2.05, 4.69) is 25.9 Å². The molecule has 0 aliphatic heterocycles. The van der Waals surface area contributed by atoms with Gasteiger partial charge in [-0.05, 0) is 30.3 Å². The number of para-hydroxylation sites is 1. The molecule has 3 amide bonds. The fourth-order valence-electron chi connectivity index (χ4n) is 2.33. The summed E-state index contributed by atoms with van der Waals surface area (Å²) in [4.78, 5) is 32.4. The molecule has 3 rings (SSSR count). The van der Waals surface area contributed by atoms with Crippen molar-refractivity contribution in [2.24, 2.45) is 0 Å². The molecule has 8 heteroatoms. The van der Waals surface area contributed by atoms with Gasteiger partial charge in [0.25, 0.3) is 5.91 Å². The number of nitrogens with one attached hydrogen (secondary N) is 3. The van der Waals surface area contributed by atoms with Crippen LogP contribution in [0.25, 0.3) is 0 Å². The topological polar surface area (TPSA) is 102 Å². The van der Waals surface area contributed by atoms with Crippen molar-refractivity contribution in [1.82, 2.24) is 10.5 Å². The standard InChI is InChI=1S/C20H18N4O4/c1-27-24-19(25)18-13-17(10-11-21-18)28-16-9-5-8-15(12-16)23-20(26)22-14-6-3-2-4-7-14/h2-13H,1H3,(H,24,25)(H2,22,23,26). The molecule has 0 radical (unpaired) electrons. The fourth-order valence-corrected chi connectivity index (χ4v) is 2.33. The Morgan fingerprint density at radius 2 is 1.57 bits per heavy atom. The molecular formula is C20H18N4O4. The van der Waals surface area contributed by atoms with Crippen molar-refractivity contribution >= 4 is 23.3 Å². The lowest BCUT2D eigenvalue weighted by atomic mass is 10.3. The van der Waals surface area contributed by atoms with Crippen LogP contribution in [0.3, 0.4) is 0 Å². The summed E-state index contributed by atoms with van der Waals surface area (Å²) in [6.45, 7) is 0. The number of hydroxylamine groups is 1. The maximum absolute atomic E-state index is 12.1. The van der Waals surface area contributed by atoms with Crippen LogP contribution in [0.2, 0.25) is 0 Å². The molecule has 8 nitrogen and oxygen atoms in total. The van der Waals surface area contributed by atoms with Gasteiger partial charge in [0.05, 0.1) is 7.11 Å². The van der Waals surface area contributed by atoms with Gasteiger partial charge >= 0.3 is 6.03 Å². The Morgan fingerprint density at radius 3 is 2.36 bits per heavy atom. The number of amides is 3. The Bertz CT molecular complexity index is 963. The molecule has 0 atom stereocenters. The minimum atomic E-state index is -0.485. The molecule has 142 valence electrons. The van der Waals surface area contributed by atoms with Crippen molar-refractivity contribution in [1.29, 1.82) is 0 Å².